The van der Waals surface area contributed by atoms with Crippen LogP contribution >= 0.6 is 15.6 Å². The summed E-state index contributed by atoms with van der Waals surface area (Å²) >= 11 is 0. The molecule has 0 aromatic rings. The summed E-state index contributed by atoms with van der Waals surface area (Å²) in [4.78, 5) is 72.8. The largest absolute Gasteiger partial charge is 0.472 e. The van der Waals surface area contributed by atoms with Crippen LogP contribution < -0.4 is 0 Å². The zero-order valence-electron chi connectivity index (χ0n) is 62.6. The summed E-state index contributed by atoms with van der Waals surface area (Å²) in [5, 5.41) is 10.6. The zero-order valence-corrected chi connectivity index (χ0v) is 64.4. The van der Waals surface area contributed by atoms with Crippen LogP contribution in [0, 0.1) is 0 Å². The van der Waals surface area contributed by atoms with Crippen LogP contribution in [0.15, 0.2) is 122 Å². The number of phosphoric ester groups is 2. The Bertz CT molecular complexity index is 2370. The number of unbranched alkanes of at least 4 members (excludes halogenated alkanes) is 26. The highest BCUT2D eigenvalue weighted by Crippen LogP contribution is 2.45. The van der Waals surface area contributed by atoms with Gasteiger partial charge in [0.15, 0.2) is 12.2 Å². The molecule has 0 bridgehead atoms. The quantitative estimate of drug-likeness (QED) is 0.0169. The van der Waals surface area contributed by atoms with Crippen molar-refractivity contribution in [3.8, 4) is 0 Å². The predicted molar refractivity (Wildman–Crippen MR) is 408 cm³/mol. The number of allylic oxidation sites excluding steroid dienone is 20. The summed E-state index contributed by atoms with van der Waals surface area (Å²) < 4.78 is 68.4. The summed E-state index contributed by atoms with van der Waals surface area (Å²) in [6.45, 7) is 4.58. The van der Waals surface area contributed by atoms with Gasteiger partial charge >= 0.3 is 39.5 Å². The monoisotopic (exact) mass is 1440 g/mol. The maximum atomic E-state index is 13.1. The summed E-state index contributed by atoms with van der Waals surface area (Å²) in [7, 11) is -9.97. The number of esters is 4. The van der Waals surface area contributed by atoms with Crippen LogP contribution in [0.4, 0.5) is 0 Å². The van der Waals surface area contributed by atoms with Gasteiger partial charge in [-0.15, -0.1) is 0 Å². The molecule has 19 heteroatoms. The number of aliphatic hydroxyl groups is 1. The smallest absolute Gasteiger partial charge is 0.462 e. The SMILES string of the molecule is CC/C=C\C/C=C\C/C=C\C/C=C\CCCCC(=O)OC(COC(=O)CCCCCCCC/C=C\C/C=C\C/C=C\CCCCC)COP(=O)(O)OCC(O)COP(=O)(O)OCC(COC(=O)CCCCCCC/C=C\C/C=C\CCCCC)OC(=O)CCCCCCC/C=C\CCCC. The van der Waals surface area contributed by atoms with Crippen molar-refractivity contribution in [1.29, 1.82) is 0 Å². The van der Waals surface area contributed by atoms with Gasteiger partial charge in [0.05, 0.1) is 26.4 Å². The van der Waals surface area contributed by atoms with E-state index >= 15 is 0 Å². The van der Waals surface area contributed by atoms with Crippen LogP contribution in [0.2, 0.25) is 0 Å². The predicted octanol–water partition coefficient (Wildman–Crippen LogP) is 22.3. The second-order valence-electron chi connectivity index (χ2n) is 25.6. The van der Waals surface area contributed by atoms with E-state index in [4.69, 9.17) is 37.0 Å². The summed E-state index contributed by atoms with van der Waals surface area (Å²) in [5.41, 5.74) is 0. The molecule has 0 amide bonds. The Morgan fingerprint density at radius 3 is 0.860 bits per heavy atom. The number of hydrogen-bond acceptors (Lipinski definition) is 15. The van der Waals surface area contributed by atoms with Gasteiger partial charge in [0.1, 0.15) is 19.3 Å². The third kappa shape index (κ3) is 71.8. The van der Waals surface area contributed by atoms with Crippen LogP contribution in [-0.4, -0.2) is 96.7 Å². The molecule has 5 unspecified atom stereocenters. The molecule has 0 aromatic carbocycles. The minimum Gasteiger partial charge on any atom is -0.462 e. The maximum absolute atomic E-state index is 13.1. The highest BCUT2D eigenvalue weighted by molar-refractivity contribution is 7.47. The lowest BCUT2D eigenvalue weighted by Gasteiger charge is -2.21. The topological polar surface area (TPSA) is 237 Å². The third-order valence-electron chi connectivity index (χ3n) is 15.9. The van der Waals surface area contributed by atoms with E-state index in [1.54, 1.807) is 0 Å². The van der Waals surface area contributed by atoms with Crippen LogP contribution in [0.25, 0.3) is 0 Å². The van der Waals surface area contributed by atoms with E-state index in [2.05, 4.69) is 149 Å². The van der Waals surface area contributed by atoms with E-state index in [1.807, 2.05) is 0 Å². The first-order chi connectivity index (χ1) is 48.7. The van der Waals surface area contributed by atoms with Crippen molar-refractivity contribution in [3.63, 3.8) is 0 Å². The normalized spacial score (nSPS) is 14.6. The third-order valence-corrected chi connectivity index (χ3v) is 17.8. The van der Waals surface area contributed by atoms with Crippen molar-refractivity contribution in [2.24, 2.45) is 0 Å². The van der Waals surface area contributed by atoms with Crippen molar-refractivity contribution < 1.29 is 80.2 Å². The van der Waals surface area contributed by atoms with Crippen LogP contribution in [0.3, 0.4) is 0 Å². The molecule has 0 rings (SSSR count). The molecule has 0 aromatic heterocycles. The molecule has 0 aliphatic heterocycles. The fraction of sp³-hybridized carbons (Fsp3) is 0.704. The van der Waals surface area contributed by atoms with Gasteiger partial charge in [-0.3, -0.25) is 37.3 Å². The lowest BCUT2D eigenvalue weighted by Crippen LogP contribution is -2.30. The average Bonchev–Trinajstić information content (AvgIpc) is 0.926. The number of phosphoric acid groups is 2. The number of aliphatic hydroxyl groups excluding tert-OH is 1. The minimum atomic E-state index is -4.99. The molecule has 0 heterocycles. The van der Waals surface area contributed by atoms with Crippen molar-refractivity contribution in [2.75, 3.05) is 39.6 Å². The van der Waals surface area contributed by atoms with Gasteiger partial charge in [-0.05, 0) is 154 Å². The first-order valence-electron chi connectivity index (χ1n) is 38.8. The molecule has 3 N–H and O–H groups in total. The second-order valence-corrected chi connectivity index (χ2v) is 28.5. The molecule has 0 aliphatic rings. The average molecular weight is 1450 g/mol. The van der Waals surface area contributed by atoms with Crippen molar-refractivity contribution in [1.82, 2.24) is 0 Å². The molecule has 574 valence electrons. The van der Waals surface area contributed by atoms with Crippen LogP contribution in [0.5, 0.6) is 0 Å². The Morgan fingerprint density at radius 1 is 0.290 bits per heavy atom. The molecule has 0 aliphatic carbocycles. The first-order valence-corrected chi connectivity index (χ1v) is 41.8. The number of rotatable bonds is 72. The Morgan fingerprint density at radius 2 is 0.530 bits per heavy atom. The van der Waals surface area contributed by atoms with Gasteiger partial charge in [0, 0.05) is 25.7 Å². The van der Waals surface area contributed by atoms with E-state index in [9.17, 15) is 43.2 Å². The van der Waals surface area contributed by atoms with E-state index < -0.39 is 97.5 Å². The molecule has 0 spiro atoms. The van der Waals surface area contributed by atoms with Gasteiger partial charge in [0.25, 0.3) is 0 Å². The summed E-state index contributed by atoms with van der Waals surface area (Å²) in [6.07, 6.45) is 79.1. The Balaban J connectivity index is 5.38. The molecule has 0 fully saturated rings. The van der Waals surface area contributed by atoms with E-state index in [1.165, 1.54) is 51.4 Å². The fourth-order valence-electron chi connectivity index (χ4n) is 9.93. The van der Waals surface area contributed by atoms with Crippen LogP contribution in [0.1, 0.15) is 310 Å². The van der Waals surface area contributed by atoms with E-state index in [-0.39, 0.29) is 25.7 Å². The number of carbonyl (C=O) groups is 4. The second kappa shape index (κ2) is 72.8. The molecule has 0 saturated carbocycles. The van der Waals surface area contributed by atoms with Crippen LogP contribution in [-0.2, 0) is 65.4 Å². The highest BCUT2D eigenvalue weighted by atomic mass is 31.2. The number of carbonyl (C=O) groups excluding carboxylic acids is 4. The van der Waals surface area contributed by atoms with Gasteiger partial charge in [0.2, 0.25) is 0 Å². The minimum absolute atomic E-state index is 0.0371. The van der Waals surface area contributed by atoms with Gasteiger partial charge < -0.3 is 33.8 Å². The summed E-state index contributed by atoms with van der Waals surface area (Å²) in [6, 6.07) is 0. The highest BCUT2D eigenvalue weighted by Gasteiger charge is 2.30. The lowest BCUT2D eigenvalue weighted by molar-refractivity contribution is -0.161. The van der Waals surface area contributed by atoms with E-state index in [0.717, 1.165) is 173 Å². The molecular weight excluding hydrogens is 1310 g/mol. The van der Waals surface area contributed by atoms with Crippen molar-refractivity contribution in [2.45, 2.75) is 329 Å². The van der Waals surface area contributed by atoms with Gasteiger partial charge in [-0.2, -0.15) is 0 Å². The lowest BCUT2D eigenvalue weighted by atomic mass is 10.1. The number of hydrogen-bond donors (Lipinski definition) is 3. The van der Waals surface area contributed by atoms with Gasteiger partial charge in [-0.25, -0.2) is 9.13 Å². The molecule has 0 radical (unpaired) electrons. The van der Waals surface area contributed by atoms with Gasteiger partial charge in [-0.1, -0.05) is 252 Å². The van der Waals surface area contributed by atoms with E-state index in [0.29, 0.717) is 32.1 Å². The first kappa shape index (κ1) is 95.5. The zero-order chi connectivity index (χ0) is 73.2. The molecule has 5 atom stereocenters. The Hall–Kier alpha value is -4.54. The fourth-order valence-corrected chi connectivity index (χ4v) is 11.5. The Labute approximate surface area is 606 Å². The maximum Gasteiger partial charge on any atom is 0.472 e. The molecule has 100 heavy (non-hydrogen) atoms. The van der Waals surface area contributed by atoms with Crippen molar-refractivity contribution >= 4 is 39.5 Å². The standard InChI is InChI=1S/C81H138O17P2/c1-5-9-13-17-21-25-29-32-35-36-37-38-41-43-47-50-54-58-62-66-79(84)92-72-77(98-81(86)68-64-60-56-52-48-44-40-34-31-27-23-19-15-11-7-3)74-96-100(89,90)94-70-75(82)69-93-99(87,88)95-73-76(97-80(85)67-63-59-55-51-45-28-24-20-16-12-8-4)71-91-78(83)65-61-57-53-49-46-42-39-33-30-26-22-18-14-10-6-2/h11,15,20-27,32-35,37-40,48,52,75-77,82H,5-10,12-14,16-19,28-31,36,41-47,49-51,53-74H2,1-4H3,(H,87,88)(H,89,90)/b15-11-,24-20-,25-21-,26-22-,27-23-,35-32-,38-37-,39-33-,40-34-,52-48-. The van der Waals surface area contributed by atoms with Crippen molar-refractivity contribution in [3.05, 3.63) is 122 Å². The molecule has 17 nitrogen and oxygen atoms in total. The Kier molecular flexibility index (Phi) is 69.5. The molecule has 0 saturated heterocycles. The molecular formula is C81H138O17P2. The summed E-state index contributed by atoms with van der Waals surface area (Å²) in [5.74, 6) is -2.26. The number of ether oxygens (including phenoxy) is 4.